The van der Waals surface area contributed by atoms with Crippen LogP contribution in [0.2, 0.25) is 0 Å². The van der Waals surface area contributed by atoms with Crippen LogP contribution in [0.3, 0.4) is 0 Å². The van der Waals surface area contributed by atoms with Crippen LogP contribution in [0.4, 0.5) is 10.1 Å². The van der Waals surface area contributed by atoms with Crippen molar-refractivity contribution in [2.45, 2.75) is 19.2 Å². The lowest BCUT2D eigenvalue weighted by Crippen LogP contribution is -2.24. The van der Waals surface area contributed by atoms with Gasteiger partial charge in [0.05, 0.1) is 12.3 Å². The molecule has 0 bridgehead atoms. The van der Waals surface area contributed by atoms with Crippen LogP contribution in [-0.4, -0.2) is 27.8 Å². The summed E-state index contributed by atoms with van der Waals surface area (Å²) in [6.07, 6.45) is 0. The SMILES string of the molecule is Cc1ccc(CNC(=O)CSCc2nnc(C(=O)Nc3cccc(F)c3)s2)o1. The number of halogens is 1. The number of rotatable bonds is 8. The molecule has 2 aromatic heterocycles. The maximum absolute atomic E-state index is 13.2. The van der Waals surface area contributed by atoms with E-state index in [4.69, 9.17) is 4.42 Å². The van der Waals surface area contributed by atoms with E-state index < -0.39 is 11.7 Å². The molecule has 0 aliphatic heterocycles. The first-order valence-electron chi connectivity index (χ1n) is 8.28. The summed E-state index contributed by atoms with van der Waals surface area (Å²) in [7, 11) is 0. The van der Waals surface area contributed by atoms with Crippen molar-refractivity contribution in [2.75, 3.05) is 11.1 Å². The molecular weight excluding hydrogens is 403 g/mol. The average Bonchev–Trinajstić information content (AvgIpc) is 3.29. The molecule has 7 nitrogen and oxygen atoms in total. The maximum Gasteiger partial charge on any atom is 0.286 e. The molecule has 3 rings (SSSR count). The Morgan fingerprint density at radius 2 is 2.11 bits per heavy atom. The topological polar surface area (TPSA) is 97.1 Å². The lowest BCUT2D eigenvalue weighted by Gasteiger charge is -2.02. The zero-order valence-corrected chi connectivity index (χ0v) is 16.5. The van der Waals surface area contributed by atoms with Crippen LogP contribution in [0.5, 0.6) is 0 Å². The second kappa shape index (κ2) is 9.47. The van der Waals surface area contributed by atoms with Gasteiger partial charge in [0, 0.05) is 11.4 Å². The fourth-order valence-corrected chi connectivity index (χ4v) is 3.84. The Labute approximate surface area is 168 Å². The first kappa shape index (κ1) is 20.0. The predicted octanol–water partition coefficient (Wildman–Crippen LogP) is 3.38. The number of aromatic nitrogens is 2. The number of benzene rings is 1. The van der Waals surface area contributed by atoms with Crippen molar-refractivity contribution in [1.82, 2.24) is 15.5 Å². The molecule has 2 amide bonds. The Morgan fingerprint density at radius 1 is 1.25 bits per heavy atom. The number of hydrogen-bond donors (Lipinski definition) is 2. The minimum Gasteiger partial charge on any atom is -0.465 e. The van der Waals surface area contributed by atoms with Crippen molar-refractivity contribution >= 4 is 40.6 Å². The number of amides is 2. The number of aryl methyl sites for hydroxylation is 1. The number of thioether (sulfide) groups is 1. The van der Waals surface area contributed by atoms with E-state index in [2.05, 4.69) is 20.8 Å². The zero-order valence-electron chi connectivity index (χ0n) is 14.9. The molecule has 0 unspecified atom stereocenters. The molecule has 146 valence electrons. The Balaban J connectivity index is 1.41. The average molecular weight is 420 g/mol. The Hall–Kier alpha value is -2.72. The molecule has 28 heavy (non-hydrogen) atoms. The molecule has 10 heteroatoms. The molecule has 0 aliphatic carbocycles. The van der Waals surface area contributed by atoms with Crippen LogP contribution in [0, 0.1) is 12.7 Å². The third-order valence-corrected chi connectivity index (χ3v) is 5.51. The number of nitrogens with zero attached hydrogens (tertiary/aromatic N) is 2. The summed E-state index contributed by atoms with van der Waals surface area (Å²) in [6, 6.07) is 9.26. The molecule has 0 radical (unpaired) electrons. The molecule has 3 aromatic rings. The molecule has 0 saturated heterocycles. The maximum atomic E-state index is 13.2. The quantitative estimate of drug-likeness (QED) is 0.580. The van der Waals surface area contributed by atoms with Gasteiger partial charge < -0.3 is 15.1 Å². The molecule has 0 atom stereocenters. The van der Waals surface area contributed by atoms with Gasteiger partial charge >= 0.3 is 0 Å². The van der Waals surface area contributed by atoms with Gasteiger partial charge in [-0.25, -0.2) is 4.39 Å². The second-order valence-corrected chi connectivity index (χ2v) is 7.79. The minimum absolute atomic E-state index is 0.118. The van der Waals surface area contributed by atoms with Crippen molar-refractivity contribution in [3.8, 4) is 0 Å². The second-order valence-electron chi connectivity index (χ2n) is 5.75. The third-order valence-electron chi connectivity index (χ3n) is 3.46. The van der Waals surface area contributed by atoms with Gasteiger partial charge in [-0.2, -0.15) is 0 Å². The van der Waals surface area contributed by atoms with Crippen molar-refractivity contribution in [3.05, 3.63) is 63.8 Å². The van der Waals surface area contributed by atoms with Gasteiger partial charge in [0.25, 0.3) is 5.91 Å². The summed E-state index contributed by atoms with van der Waals surface area (Å²) in [5, 5.41) is 14.0. The highest BCUT2D eigenvalue weighted by atomic mass is 32.2. The first-order chi connectivity index (χ1) is 13.5. The van der Waals surface area contributed by atoms with Gasteiger partial charge in [-0.05, 0) is 37.3 Å². The van der Waals surface area contributed by atoms with E-state index in [0.717, 1.165) is 17.1 Å². The Morgan fingerprint density at radius 3 is 2.86 bits per heavy atom. The number of anilines is 1. The van der Waals surface area contributed by atoms with Gasteiger partial charge in [0.2, 0.25) is 10.9 Å². The highest BCUT2D eigenvalue weighted by Gasteiger charge is 2.14. The summed E-state index contributed by atoms with van der Waals surface area (Å²) in [5.41, 5.74) is 0.347. The monoisotopic (exact) mass is 420 g/mol. The van der Waals surface area contributed by atoms with E-state index in [1.54, 1.807) is 6.07 Å². The fourth-order valence-electron chi connectivity index (χ4n) is 2.20. The van der Waals surface area contributed by atoms with Gasteiger partial charge in [0.15, 0.2) is 0 Å². The zero-order chi connectivity index (χ0) is 19.9. The van der Waals surface area contributed by atoms with E-state index >= 15 is 0 Å². The van der Waals surface area contributed by atoms with Crippen molar-refractivity contribution in [1.29, 1.82) is 0 Å². The molecule has 0 spiro atoms. The molecule has 2 heterocycles. The molecule has 1 aromatic carbocycles. The van der Waals surface area contributed by atoms with Gasteiger partial charge in [0.1, 0.15) is 22.3 Å². The van der Waals surface area contributed by atoms with Crippen LogP contribution in [-0.2, 0) is 17.1 Å². The van der Waals surface area contributed by atoms with Crippen LogP contribution in [0.15, 0.2) is 40.8 Å². The molecule has 2 N–H and O–H groups in total. The van der Waals surface area contributed by atoms with E-state index in [0.29, 0.717) is 28.8 Å². The van der Waals surface area contributed by atoms with Crippen molar-refractivity contribution in [2.24, 2.45) is 0 Å². The summed E-state index contributed by atoms with van der Waals surface area (Å²) >= 11 is 2.50. The summed E-state index contributed by atoms with van der Waals surface area (Å²) in [5.74, 6) is 1.20. The lowest BCUT2D eigenvalue weighted by molar-refractivity contribution is -0.118. The predicted molar refractivity (Wildman–Crippen MR) is 106 cm³/mol. The summed E-state index contributed by atoms with van der Waals surface area (Å²) in [4.78, 5) is 24.0. The first-order valence-corrected chi connectivity index (χ1v) is 10.3. The van der Waals surface area contributed by atoms with Crippen LogP contribution in [0.25, 0.3) is 0 Å². The number of furan rings is 1. The minimum atomic E-state index is -0.453. The van der Waals surface area contributed by atoms with Gasteiger partial charge in [-0.15, -0.1) is 22.0 Å². The highest BCUT2D eigenvalue weighted by molar-refractivity contribution is 7.99. The Kier molecular flexibility index (Phi) is 6.77. The van der Waals surface area contributed by atoms with E-state index in [1.165, 1.54) is 30.0 Å². The number of hydrogen-bond acceptors (Lipinski definition) is 7. The molecule has 0 fully saturated rings. The standard InChI is InChI=1S/C18H17FN4O3S2/c1-11-5-6-14(26-11)8-20-15(24)9-27-10-16-22-23-18(28-16)17(25)21-13-4-2-3-12(19)7-13/h2-7H,8-10H2,1H3,(H,20,24)(H,21,25). The molecule has 0 saturated carbocycles. The Bertz CT molecular complexity index is 973. The third kappa shape index (κ3) is 5.89. The lowest BCUT2D eigenvalue weighted by atomic mass is 10.3. The summed E-state index contributed by atoms with van der Waals surface area (Å²) in [6.45, 7) is 2.19. The van der Waals surface area contributed by atoms with Crippen molar-refractivity contribution < 1.29 is 18.4 Å². The van der Waals surface area contributed by atoms with Crippen LogP contribution >= 0.6 is 23.1 Å². The molecular formula is C18H17FN4O3S2. The molecule has 0 aliphatic rings. The van der Waals surface area contributed by atoms with E-state index in [1.807, 2.05) is 19.1 Å². The van der Waals surface area contributed by atoms with Gasteiger partial charge in [-0.3, -0.25) is 9.59 Å². The number of nitrogens with one attached hydrogen (secondary N) is 2. The largest absolute Gasteiger partial charge is 0.465 e. The summed E-state index contributed by atoms with van der Waals surface area (Å²) < 4.78 is 18.5. The fraction of sp³-hybridized carbons (Fsp3) is 0.222. The van der Waals surface area contributed by atoms with Gasteiger partial charge in [-0.1, -0.05) is 17.4 Å². The number of carbonyl (C=O) groups is 2. The van der Waals surface area contributed by atoms with Crippen LogP contribution < -0.4 is 10.6 Å². The van der Waals surface area contributed by atoms with E-state index in [-0.39, 0.29) is 16.7 Å². The highest BCUT2D eigenvalue weighted by Crippen LogP contribution is 2.18. The van der Waals surface area contributed by atoms with Crippen LogP contribution in [0.1, 0.15) is 26.3 Å². The normalized spacial score (nSPS) is 10.6. The smallest absolute Gasteiger partial charge is 0.286 e. The van der Waals surface area contributed by atoms with Crippen molar-refractivity contribution in [3.63, 3.8) is 0 Å². The number of carbonyl (C=O) groups excluding carboxylic acids is 2. The van der Waals surface area contributed by atoms with E-state index in [9.17, 15) is 14.0 Å².